The molecule has 2 aromatic carbocycles. The van der Waals surface area contributed by atoms with Gasteiger partial charge in [0.25, 0.3) is 5.56 Å². The fraction of sp³-hybridized carbons (Fsp3) is 0.160. The third-order valence-corrected chi connectivity index (χ3v) is 6.85. The average molecular weight is 462 g/mol. The number of aryl methyl sites for hydroxylation is 2. The monoisotopic (exact) mass is 461 g/mol. The topological polar surface area (TPSA) is 64.0 Å². The first-order valence-electron chi connectivity index (χ1n) is 10.2. The van der Waals surface area contributed by atoms with Gasteiger partial charge < -0.3 is 5.32 Å². The lowest BCUT2D eigenvalue weighted by atomic mass is 10.1. The van der Waals surface area contributed by atoms with E-state index in [1.807, 2.05) is 67.8 Å². The minimum absolute atomic E-state index is 0.117. The Morgan fingerprint density at radius 3 is 2.44 bits per heavy atom. The Balaban J connectivity index is 1.63. The SMILES string of the molecule is C=CCn1c(SCC(=O)Nc2ccc(C)cc2)nc2scc(-c3ccc(C)cc3)c2c1=O. The molecule has 1 amide bonds. The van der Waals surface area contributed by atoms with Crippen molar-refractivity contribution < 1.29 is 4.79 Å². The number of allylic oxidation sites excluding steroid dienone is 1. The zero-order valence-corrected chi connectivity index (χ0v) is 19.6. The van der Waals surface area contributed by atoms with E-state index in [4.69, 9.17) is 4.98 Å². The number of amides is 1. The van der Waals surface area contributed by atoms with E-state index in [0.29, 0.717) is 21.9 Å². The lowest BCUT2D eigenvalue weighted by molar-refractivity contribution is -0.113. The molecule has 2 aromatic heterocycles. The van der Waals surface area contributed by atoms with Gasteiger partial charge in [0.15, 0.2) is 5.16 Å². The minimum atomic E-state index is -0.148. The number of carbonyl (C=O) groups is 1. The minimum Gasteiger partial charge on any atom is -0.325 e. The van der Waals surface area contributed by atoms with Crippen molar-refractivity contribution in [2.24, 2.45) is 0 Å². The predicted molar refractivity (Wildman–Crippen MR) is 135 cm³/mol. The second-order valence-corrected chi connectivity index (χ2v) is 9.30. The Bertz CT molecular complexity index is 1340. The van der Waals surface area contributed by atoms with Crippen LogP contribution in [0.1, 0.15) is 11.1 Å². The number of aromatic nitrogens is 2. The maximum atomic E-state index is 13.4. The summed E-state index contributed by atoms with van der Waals surface area (Å²) >= 11 is 2.69. The molecule has 0 fully saturated rings. The van der Waals surface area contributed by atoms with Crippen LogP contribution in [0.4, 0.5) is 5.69 Å². The van der Waals surface area contributed by atoms with Gasteiger partial charge in [-0.25, -0.2) is 4.98 Å². The third kappa shape index (κ3) is 4.69. The van der Waals surface area contributed by atoms with Crippen LogP contribution >= 0.6 is 23.1 Å². The second kappa shape index (κ2) is 9.54. The maximum absolute atomic E-state index is 13.4. The van der Waals surface area contributed by atoms with Gasteiger partial charge in [0.2, 0.25) is 5.91 Å². The van der Waals surface area contributed by atoms with E-state index in [9.17, 15) is 9.59 Å². The zero-order valence-electron chi connectivity index (χ0n) is 17.9. The highest BCUT2D eigenvalue weighted by molar-refractivity contribution is 7.99. The highest BCUT2D eigenvalue weighted by Crippen LogP contribution is 2.32. The number of rotatable bonds is 7. The van der Waals surface area contributed by atoms with Crippen molar-refractivity contribution in [1.29, 1.82) is 0 Å². The summed E-state index contributed by atoms with van der Waals surface area (Å²) in [5.41, 5.74) is 4.79. The van der Waals surface area contributed by atoms with Gasteiger partial charge in [-0.3, -0.25) is 14.2 Å². The number of thiophene rings is 1. The first kappa shape index (κ1) is 22.0. The molecule has 2 heterocycles. The molecule has 0 unspecified atom stereocenters. The van der Waals surface area contributed by atoms with Crippen molar-refractivity contribution in [2.75, 3.05) is 11.1 Å². The molecule has 0 aliphatic carbocycles. The Morgan fingerprint density at radius 1 is 1.12 bits per heavy atom. The number of fused-ring (bicyclic) bond motifs is 1. The number of carbonyl (C=O) groups excluding carboxylic acids is 1. The molecule has 162 valence electrons. The molecule has 0 saturated heterocycles. The van der Waals surface area contributed by atoms with E-state index in [0.717, 1.165) is 27.9 Å². The number of nitrogens with zero attached hydrogens (tertiary/aromatic N) is 2. The fourth-order valence-corrected chi connectivity index (χ4v) is 5.11. The van der Waals surface area contributed by atoms with Crippen molar-refractivity contribution in [3.05, 3.63) is 88.0 Å². The predicted octanol–water partition coefficient (Wildman–Crippen LogP) is 5.66. The molecule has 0 aliphatic heterocycles. The highest BCUT2D eigenvalue weighted by Gasteiger charge is 2.18. The summed E-state index contributed by atoms with van der Waals surface area (Å²) in [6, 6.07) is 15.7. The Kier molecular flexibility index (Phi) is 6.58. The molecule has 0 bridgehead atoms. The van der Waals surface area contributed by atoms with Gasteiger partial charge in [0.1, 0.15) is 4.83 Å². The van der Waals surface area contributed by atoms with Crippen molar-refractivity contribution in [3.8, 4) is 11.1 Å². The van der Waals surface area contributed by atoms with Crippen LogP contribution in [0.25, 0.3) is 21.3 Å². The van der Waals surface area contributed by atoms with Gasteiger partial charge in [-0.1, -0.05) is 65.4 Å². The normalized spacial score (nSPS) is 10.9. The van der Waals surface area contributed by atoms with Crippen LogP contribution in [0.3, 0.4) is 0 Å². The molecule has 7 heteroatoms. The lowest BCUT2D eigenvalue weighted by Crippen LogP contribution is -2.23. The van der Waals surface area contributed by atoms with Crippen LogP contribution < -0.4 is 10.9 Å². The van der Waals surface area contributed by atoms with Gasteiger partial charge >= 0.3 is 0 Å². The summed E-state index contributed by atoms with van der Waals surface area (Å²) in [5, 5.41) is 5.97. The van der Waals surface area contributed by atoms with E-state index >= 15 is 0 Å². The van der Waals surface area contributed by atoms with E-state index in [1.165, 1.54) is 23.1 Å². The molecule has 5 nitrogen and oxygen atoms in total. The Hall–Kier alpha value is -3.16. The van der Waals surface area contributed by atoms with Gasteiger partial charge in [0.05, 0.1) is 11.1 Å². The quantitative estimate of drug-likeness (QED) is 0.219. The summed E-state index contributed by atoms with van der Waals surface area (Å²) in [5.74, 6) is 0.00368. The van der Waals surface area contributed by atoms with E-state index in [-0.39, 0.29) is 17.2 Å². The Morgan fingerprint density at radius 2 is 1.78 bits per heavy atom. The first-order valence-corrected chi connectivity index (χ1v) is 12.0. The molecule has 0 atom stereocenters. The standard InChI is InChI=1S/C25H23N3O2S2/c1-4-13-28-24(30)22-20(18-9-5-16(2)6-10-18)14-31-23(22)27-25(28)32-15-21(29)26-19-11-7-17(3)8-12-19/h4-12,14H,1,13,15H2,2-3H3,(H,26,29). The van der Waals surface area contributed by atoms with E-state index < -0.39 is 0 Å². The largest absolute Gasteiger partial charge is 0.325 e. The summed E-state index contributed by atoms with van der Waals surface area (Å²) in [7, 11) is 0. The molecule has 4 aromatic rings. The summed E-state index contributed by atoms with van der Waals surface area (Å²) in [4.78, 5) is 31.2. The zero-order chi connectivity index (χ0) is 22.7. The van der Waals surface area contributed by atoms with Crippen LogP contribution in [-0.2, 0) is 11.3 Å². The molecule has 0 saturated carbocycles. The molecule has 1 N–H and O–H groups in total. The first-order chi connectivity index (χ1) is 15.5. The van der Waals surface area contributed by atoms with Crippen LogP contribution in [0.15, 0.2) is 76.5 Å². The number of anilines is 1. The molecule has 0 radical (unpaired) electrons. The van der Waals surface area contributed by atoms with Gasteiger partial charge in [-0.2, -0.15) is 0 Å². The second-order valence-electron chi connectivity index (χ2n) is 7.50. The highest BCUT2D eigenvalue weighted by atomic mass is 32.2. The number of hydrogen-bond acceptors (Lipinski definition) is 5. The van der Waals surface area contributed by atoms with Crippen molar-refractivity contribution in [2.45, 2.75) is 25.5 Å². The van der Waals surface area contributed by atoms with Crippen LogP contribution in [0.5, 0.6) is 0 Å². The summed E-state index contributed by atoms with van der Waals surface area (Å²) < 4.78 is 1.59. The number of hydrogen-bond donors (Lipinski definition) is 1. The van der Waals surface area contributed by atoms with Crippen LogP contribution in [0, 0.1) is 13.8 Å². The molecule has 32 heavy (non-hydrogen) atoms. The van der Waals surface area contributed by atoms with Crippen molar-refractivity contribution >= 4 is 44.9 Å². The van der Waals surface area contributed by atoms with Crippen LogP contribution in [0.2, 0.25) is 0 Å². The molecule has 0 aliphatic rings. The van der Waals surface area contributed by atoms with Gasteiger partial charge in [-0.15, -0.1) is 17.9 Å². The average Bonchev–Trinajstić information content (AvgIpc) is 3.21. The van der Waals surface area contributed by atoms with Gasteiger partial charge in [0, 0.05) is 23.2 Å². The number of thioether (sulfide) groups is 1. The molecular formula is C25H23N3O2S2. The van der Waals surface area contributed by atoms with Crippen molar-refractivity contribution in [1.82, 2.24) is 9.55 Å². The number of benzene rings is 2. The Labute approximate surface area is 194 Å². The summed E-state index contributed by atoms with van der Waals surface area (Å²) in [6.07, 6.45) is 1.67. The van der Waals surface area contributed by atoms with Crippen LogP contribution in [-0.4, -0.2) is 21.2 Å². The maximum Gasteiger partial charge on any atom is 0.263 e. The lowest BCUT2D eigenvalue weighted by Gasteiger charge is -2.11. The molecule has 0 spiro atoms. The fourth-order valence-electron chi connectivity index (χ4n) is 3.32. The van der Waals surface area contributed by atoms with Crippen molar-refractivity contribution in [3.63, 3.8) is 0 Å². The number of nitrogens with one attached hydrogen (secondary N) is 1. The van der Waals surface area contributed by atoms with E-state index in [1.54, 1.807) is 10.6 Å². The summed E-state index contributed by atoms with van der Waals surface area (Å²) in [6.45, 7) is 8.14. The van der Waals surface area contributed by atoms with Gasteiger partial charge in [-0.05, 0) is 31.5 Å². The smallest absolute Gasteiger partial charge is 0.263 e. The van der Waals surface area contributed by atoms with E-state index in [2.05, 4.69) is 11.9 Å². The molecular weight excluding hydrogens is 438 g/mol. The third-order valence-electron chi connectivity index (χ3n) is 5.00. The molecule has 4 rings (SSSR count).